The minimum Gasteiger partial charge on any atom is -0.313 e. The van der Waals surface area contributed by atoms with E-state index in [1.54, 1.807) is 12.1 Å². The van der Waals surface area contributed by atoms with Gasteiger partial charge < -0.3 is 5.32 Å². The van der Waals surface area contributed by atoms with Crippen molar-refractivity contribution in [1.82, 2.24) is 20.4 Å². The molecule has 3 aliphatic heterocycles. The van der Waals surface area contributed by atoms with Crippen LogP contribution in [0, 0.1) is 5.92 Å². The van der Waals surface area contributed by atoms with Crippen LogP contribution >= 0.6 is 0 Å². The highest BCUT2D eigenvalue weighted by molar-refractivity contribution is 6.23. The first kappa shape index (κ1) is 19.4. The predicted octanol–water partition coefficient (Wildman–Crippen LogP) is 0.662. The van der Waals surface area contributed by atoms with Gasteiger partial charge in [0.1, 0.15) is 6.04 Å². The molecule has 3 atom stereocenters. The molecule has 4 amide bonds. The molecule has 1 aliphatic carbocycles. The molecule has 0 spiro atoms. The van der Waals surface area contributed by atoms with Gasteiger partial charge in [-0.15, -0.1) is 0 Å². The maximum atomic E-state index is 13.0. The molecule has 3 unspecified atom stereocenters. The van der Waals surface area contributed by atoms with Crippen LogP contribution in [0.3, 0.4) is 0 Å². The maximum absolute atomic E-state index is 13.0. The number of piperidine rings is 2. The number of amides is 4. The molecule has 1 saturated carbocycles. The third-order valence-corrected chi connectivity index (χ3v) is 7.19. The number of carbonyl (C=O) groups is 4. The average molecular weight is 410 g/mol. The van der Waals surface area contributed by atoms with Gasteiger partial charge in [0.2, 0.25) is 11.8 Å². The van der Waals surface area contributed by atoms with Crippen LogP contribution in [0.25, 0.3) is 0 Å². The molecule has 3 fully saturated rings. The van der Waals surface area contributed by atoms with Crippen LogP contribution in [0.15, 0.2) is 18.2 Å². The van der Waals surface area contributed by atoms with Crippen LogP contribution < -0.4 is 10.6 Å². The molecule has 2 saturated heterocycles. The van der Waals surface area contributed by atoms with E-state index in [0.717, 1.165) is 30.1 Å². The number of fused-ring (bicyclic) bond motifs is 3. The summed E-state index contributed by atoms with van der Waals surface area (Å²) in [7, 11) is 2.04. The Morgan fingerprint density at radius 3 is 2.70 bits per heavy atom. The molecule has 0 radical (unpaired) electrons. The summed E-state index contributed by atoms with van der Waals surface area (Å²) in [5, 5.41) is 5.75. The highest BCUT2D eigenvalue weighted by Crippen LogP contribution is 2.40. The molecule has 30 heavy (non-hydrogen) atoms. The van der Waals surface area contributed by atoms with Gasteiger partial charge in [0.25, 0.3) is 11.8 Å². The van der Waals surface area contributed by atoms with E-state index in [1.165, 1.54) is 19.3 Å². The first-order valence-electron chi connectivity index (χ1n) is 10.6. The normalized spacial score (nSPS) is 31.3. The summed E-state index contributed by atoms with van der Waals surface area (Å²) >= 11 is 0. The standard InChI is InChI=1S/C22H26N4O4/c1-23-22-7-6-14(9-22)11-25(12-22)10-13-2-3-15-16(8-13)21(30)26(20(15)29)17-4-5-18(27)24-19(17)28/h2-3,8,14,17,23H,4-7,9-12H2,1H3,(H,24,27,28). The first-order valence-corrected chi connectivity index (χ1v) is 10.6. The summed E-state index contributed by atoms with van der Waals surface area (Å²) in [6, 6.07) is 4.47. The Morgan fingerprint density at radius 1 is 1.13 bits per heavy atom. The van der Waals surface area contributed by atoms with Gasteiger partial charge >= 0.3 is 0 Å². The second kappa shape index (κ2) is 6.99. The minimum absolute atomic E-state index is 0.123. The van der Waals surface area contributed by atoms with Gasteiger partial charge in [-0.25, -0.2) is 0 Å². The van der Waals surface area contributed by atoms with Gasteiger partial charge in [-0.1, -0.05) is 6.07 Å². The fourth-order valence-corrected chi connectivity index (χ4v) is 5.70. The van der Waals surface area contributed by atoms with E-state index in [2.05, 4.69) is 15.5 Å². The van der Waals surface area contributed by atoms with Crippen molar-refractivity contribution in [2.75, 3.05) is 20.1 Å². The van der Waals surface area contributed by atoms with Crippen molar-refractivity contribution in [3.05, 3.63) is 34.9 Å². The van der Waals surface area contributed by atoms with Crippen molar-refractivity contribution < 1.29 is 19.2 Å². The Kier molecular flexibility index (Phi) is 4.52. The van der Waals surface area contributed by atoms with Gasteiger partial charge in [-0.05, 0) is 56.3 Å². The molecule has 1 aromatic rings. The topological polar surface area (TPSA) is 98.8 Å². The quantitative estimate of drug-likeness (QED) is 0.708. The van der Waals surface area contributed by atoms with Gasteiger partial charge in [-0.3, -0.25) is 34.3 Å². The molecule has 8 heteroatoms. The van der Waals surface area contributed by atoms with E-state index in [1.807, 2.05) is 13.1 Å². The molecular formula is C22H26N4O4. The third kappa shape index (κ3) is 3.06. The number of carbonyl (C=O) groups excluding carboxylic acids is 4. The number of hydrogen-bond donors (Lipinski definition) is 2. The van der Waals surface area contributed by atoms with Gasteiger partial charge in [0, 0.05) is 31.6 Å². The molecular weight excluding hydrogens is 384 g/mol. The van der Waals surface area contributed by atoms with E-state index in [-0.39, 0.29) is 24.3 Å². The Balaban J connectivity index is 1.35. The van der Waals surface area contributed by atoms with Crippen molar-refractivity contribution in [2.45, 2.75) is 50.2 Å². The molecule has 8 nitrogen and oxygen atoms in total. The Hall–Kier alpha value is -2.58. The number of nitrogens with zero attached hydrogens (tertiary/aromatic N) is 2. The number of rotatable bonds is 4. The van der Waals surface area contributed by atoms with Crippen LogP contribution in [0.5, 0.6) is 0 Å². The molecule has 2 bridgehead atoms. The molecule has 0 aromatic heterocycles. The van der Waals surface area contributed by atoms with Crippen LogP contribution in [0.2, 0.25) is 0 Å². The highest BCUT2D eigenvalue weighted by atomic mass is 16.2. The van der Waals surface area contributed by atoms with Gasteiger partial charge in [-0.2, -0.15) is 0 Å². The maximum Gasteiger partial charge on any atom is 0.262 e. The Morgan fingerprint density at radius 2 is 1.93 bits per heavy atom. The van der Waals surface area contributed by atoms with Crippen molar-refractivity contribution in [3.63, 3.8) is 0 Å². The monoisotopic (exact) mass is 410 g/mol. The summed E-state index contributed by atoms with van der Waals surface area (Å²) < 4.78 is 0. The summed E-state index contributed by atoms with van der Waals surface area (Å²) in [6.45, 7) is 2.76. The summed E-state index contributed by atoms with van der Waals surface area (Å²) in [6.07, 6.45) is 3.96. The second-order valence-corrected chi connectivity index (χ2v) is 9.14. The van der Waals surface area contributed by atoms with Crippen molar-refractivity contribution >= 4 is 23.6 Å². The number of likely N-dealkylation sites (tertiary alicyclic amines) is 1. The van der Waals surface area contributed by atoms with E-state index in [4.69, 9.17) is 0 Å². The highest BCUT2D eigenvalue weighted by Gasteiger charge is 2.46. The van der Waals surface area contributed by atoms with E-state index in [0.29, 0.717) is 17.0 Å². The van der Waals surface area contributed by atoms with Crippen molar-refractivity contribution in [3.8, 4) is 0 Å². The fourth-order valence-electron chi connectivity index (χ4n) is 5.70. The number of imide groups is 2. The molecule has 4 aliphatic rings. The lowest BCUT2D eigenvalue weighted by molar-refractivity contribution is -0.136. The second-order valence-electron chi connectivity index (χ2n) is 9.14. The zero-order chi connectivity index (χ0) is 21.0. The summed E-state index contributed by atoms with van der Waals surface area (Å²) in [5.41, 5.74) is 1.87. The lowest BCUT2D eigenvalue weighted by Crippen LogP contribution is -2.54. The zero-order valence-corrected chi connectivity index (χ0v) is 17.1. The molecule has 3 heterocycles. The van der Waals surface area contributed by atoms with Gasteiger partial charge in [0.05, 0.1) is 11.1 Å². The Bertz CT molecular complexity index is 960. The molecule has 1 aromatic carbocycles. The van der Waals surface area contributed by atoms with Crippen LogP contribution in [-0.4, -0.2) is 65.1 Å². The van der Waals surface area contributed by atoms with E-state index < -0.39 is 23.8 Å². The number of benzene rings is 1. The summed E-state index contributed by atoms with van der Waals surface area (Å²) in [5.74, 6) is -1.16. The Labute approximate surface area is 175 Å². The fraction of sp³-hybridized carbons (Fsp3) is 0.545. The average Bonchev–Trinajstić information content (AvgIpc) is 3.16. The number of likely N-dealkylation sites (N-methyl/N-ethyl adjacent to an activating group) is 1. The smallest absolute Gasteiger partial charge is 0.262 e. The zero-order valence-electron chi connectivity index (χ0n) is 17.1. The molecule has 158 valence electrons. The van der Waals surface area contributed by atoms with Gasteiger partial charge in [0.15, 0.2) is 0 Å². The summed E-state index contributed by atoms with van der Waals surface area (Å²) in [4.78, 5) is 52.9. The van der Waals surface area contributed by atoms with E-state index in [9.17, 15) is 19.2 Å². The molecule has 5 rings (SSSR count). The van der Waals surface area contributed by atoms with Crippen LogP contribution in [0.1, 0.15) is 58.4 Å². The number of nitrogens with one attached hydrogen (secondary N) is 2. The van der Waals surface area contributed by atoms with E-state index >= 15 is 0 Å². The van der Waals surface area contributed by atoms with Crippen LogP contribution in [-0.2, 0) is 16.1 Å². The first-order chi connectivity index (χ1) is 14.4. The lowest BCUT2D eigenvalue weighted by Gasteiger charge is -2.40. The molecule has 2 N–H and O–H groups in total. The van der Waals surface area contributed by atoms with Crippen LogP contribution in [0.4, 0.5) is 0 Å². The van der Waals surface area contributed by atoms with Crippen molar-refractivity contribution in [1.29, 1.82) is 0 Å². The lowest BCUT2D eigenvalue weighted by atomic mass is 9.91. The minimum atomic E-state index is -0.924. The largest absolute Gasteiger partial charge is 0.313 e. The SMILES string of the molecule is CNC12CCC(CN(Cc3ccc4c(c3)C(=O)N(C3CCC(=O)NC3=O)C4=O)C1)C2. The number of hydrogen-bond acceptors (Lipinski definition) is 6. The predicted molar refractivity (Wildman–Crippen MR) is 108 cm³/mol. The van der Waals surface area contributed by atoms with Crippen molar-refractivity contribution in [2.24, 2.45) is 5.92 Å². The third-order valence-electron chi connectivity index (χ3n) is 7.19.